The van der Waals surface area contributed by atoms with E-state index in [0.29, 0.717) is 12.8 Å². The molecule has 1 spiro atoms. The van der Waals surface area contributed by atoms with E-state index < -0.39 is 16.9 Å². The lowest BCUT2D eigenvalue weighted by Gasteiger charge is -2.30. The van der Waals surface area contributed by atoms with Gasteiger partial charge in [0.25, 0.3) is 5.91 Å². The van der Waals surface area contributed by atoms with Crippen LogP contribution in [0.5, 0.6) is 0 Å². The zero-order valence-electron chi connectivity index (χ0n) is 9.41. The summed E-state index contributed by atoms with van der Waals surface area (Å²) in [5, 5.41) is 10.5. The summed E-state index contributed by atoms with van der Waals surface area (Å²) in [6.07, 6.45) is 4.37. The molecule has 0 radical (unpaired) electrons. The second-order valence-corrected chi connectivity index (χ2v) is 5.11. The molecule has 1 N–H and O–H groups in total. The highest BCUT2D eigenvalue weighted by Crippen LogP contribution is 2.33. The number of hydrogen-bond acceptors (Lipinski definition) is 3. The molecule has 1 heterocycles. The highest BCUT2D eigenvalue weighted by molar-refractivity contribution is 6.23. The number of hydrogen-bond donors (Lipinski definition) is 1. The largest absolute Gasteiger partial charge is 0.325 e. The van der Waals surface area contributed by atoms with Gasteiger partial charge in [-0.25, -0.2) is 4.79 Å². The Hall–Kier alpha value is -1.28. The monoisotopic (exact) mass is 255 g/mol. The van der Waals surface area contributed by atoms with Gasteiger partial charge >= 0.3 is 6.03 Å². The molecular weight excluding hydrogens is 242 g/mol. The molecule has 0 bridgehead atoms. The maximum atomic E-state index is 12.2. The quantitative estimate of drug-likeness (QED) is 0.598. The third-order valence-electron chi connectivity index (χ3n) is 3.44. The van der Waals surface area contributed by atoms with Gasteiger partial charge in [0.15, 0.2) is 0 Å². The zero-order valence-corrected chi connectivity index (χ0v) is 10.2. The molecule has 1 atom stereocenters. The van der Waals surface area contributed by atoms with Crippen molar-refractivity contribution in [2.45, 2.75) is 43.0 Å². The van der Waals surface area contributed by atoms with Gasteiger partial charge < -0.3 is 5.32 Å². The molecule has 1 aliphatic carbocycles. The van der Waals surface area contributed by atoms with Gasteiger partial charge in [-0.05, 0) is 12.8 Å². The average Bonchev–Trinajstić information content (AvgIpc) is 2.55. The summed E-state index contributed by atoms with van der Waals surface area (Å²) >= 11 is 5.67. The summed E-state index contributed by atoms with van der Waals surface area (Å²) in [5.74, 6) is -0.219. The van der Waals surface area contributed by atoms with Crippen LogP contribution in [0.1, 0.15) is 32.1 Å². The van der Waals surface area contributed by atoms with Crippen molar-refractivity contribution in [1.29, 1.82) is 5.26 Å². The lowest BCUT2D eigenvalue weighted by Crippen LogP contribution is -2.48. The van der Waals surface area contributed by atoms with Gasteiger partial charge in [-0.3, -0.25) is 9.69 Å². The molecule has 92 valence electrons. The molecule has 0 aromatic rings. The molecule has 6 heteroatoms. The lowest BCUT2D eigenvalue weighted by molar-refractivity contribution is -0.132. The van der Waals surface area contributed by atoms with Crippen LogP contribution in [0.4, 0.5) is 4.79 Å². The predicted octanol–water partition coefficient (Wildman–Crippen LogP) is 1.37. The Morgan fingerprint density at radius 1 is 1.41 bits per heavy atom. The van der Waals surface area contributed by atoms with Crippen molar-refractivity contribution < 1.29 is 9.59 Å². The summed E-state index contributed by atoms with van der Waals surface area (Å²) in [6.45, 7) is -0.0372. The number of carbonyl (C=O) groups excluding carboxylic acids is 2. The molecule has 1 unspecified atom stereocenters. The van der Waals surface area contributed by atoms with E-state index in [-0.39, 0.29) is 12.5 Å². The summed E-state index contributed by atoms with van der Waals surface area (Å²) < 4.78 is 0. The number of amides is 3. The summed E-state index contributed by atoms with van der Waals surface area (Å²) in [7, 11) is 0. The van der Waals surface area contributed by atoms with E-state index in [1.54, 1.807) is 0 Å². The maximum Gasteiger partial charge on any atom is 0.325 e. The van der Waals surface area contributed by atoms with Gasteiger partial charge in [0.1, 0.15) is 10.9 Å². The van der Waals surface area contributed by atoms with E-state index in [0.717, 1.165) is 24.2 Å². The molecule has 17 heavy (non-hydrogen) atoms. The van der Waals surface area contributed by atoms with Crippen molar-refractivity contribution in [1.82, 2.24) is 10.2 Å². The Morgan fingerprint density at radius 2 is 2.06 bits per heavy atom. The third kappa shape index (κ3) is 2.09. The second kappa shape index (κ2) is 4.53. The molecule has 1 saturated heterocycles. The van der Waals surface area contributed by atoms with Gasteiger partial charge in [0.05, 0.1) is 12.6 Å². The Labute approximate surface area is 105 Å². The fraction of sp³-hybridized carbons (Fsp3) is 0.727. The van der Waals surface area contributed by atoms with Crippen molar-refractivity contribution in [2.75, 3.05) is 6.54 Å². The SMILES string of the molecule is N#CC(Cl)CN1C(=O)NC2(CCCCC2)C1=O. The Kier molecular flexibility index (Phi) is 3.25. The van der Waals surface area contributed by atoms with Crippen LogP contribution in [-0.2, 0) is 4.79 Å². The first-order valence-corrected chi connectivity index (χ1v) is 6.20. The highest BCUT2D eigenvalue weighted by atomic mass is 35.5. The minimum absolute atomic E-state index is 0.0372. The maximum absolute atomic E-state index is 12.2. The van der Waals surface area contributed by atoms with Gasteiger partial charge in [-0.15, -0.1) is 11.6 Å². The standard InChI is InChI=1S/C11H14ClN3O2/c12-8(6-13)7-15-9(16)11(14-10(15)17)4-2-1-3-5-11/h8H,1-5,7H2,(H,14,17). The van der Waals surface area contributed by atoms with E-state index in [2.05, 4.69) is 5.32 Å². The summed E-state index contributed by atoms with van der Waals surface area (Å²) in [5.41, 5.74) is -0.721. The predicted molar refractivity (Wildman–Crippen MR) is 61.3 cm³/mol. The normalized spacial score (nSPS) is 24.6. The van der Waals surface area contributed by atoms with Crippen molar-refractivity contribution >= 4 is 23.5 Å². The van der Waals surface area contributed by atoms with Crippen LogP contribution in [-0.4, -0.2) is 34.3 Å². The molecule has 0 aromatic carbocycles. The van der Waals surface area contributed by atoms with Gasteiger partial charge in [0, 0.05) is 0 Å². The van der Waals surface area contributed by atoms with Crippen LogP contribution in [0.25, 0.3) is 0 Å². The van der Waals surface area contributed by atoms with Gasteiger partial charge in [-0.1, -0.05) is 19.3 Å². The minimum atomic E-state index is -0.844. The van der Waals surface area contributed by atoms with Crippen LogP contribution in [0, 0.1) is 11.3 Å². The number of halogens is 1. The number of urea groups is 1. The van der Waals surface area contributed by atoms with Crippen LogP contribution in [0.3, 0.4) is 0 Å². The Morgan fingerprint density at radius 3 is 2.65 bits per heavy atom. The van der Waals surface area contributed by atoms with Crippen molar-refractivity contribution in [2.24, 2.45) is 0 Å². The molecule has 5 nitrogen and oxygen atoms in total. The fourth-order valence-corrected chi connectivity index (χ4v) is 2.68. The van der Waals surface area contributed by atoms with Crippen LogP contribution >= 0.6 is 11.6 Å². The fourth-order valence-electron chi connectivity index (χ4n) is 2.54. The number of rotatable bonds is 2. The molecule has 1 aliphatic heterocycles. The third-order valence-corrected chi connectivity index (χ3v) is 3.67. The van der Waals surface area contributed by atoms with Crippen LogP contribution < -0.4 is 5.32 Å². The second-order valence-electron chi connectivity index (χ2n) is 4.59. The topological polar surface area (TPSA) is 73.2 Å². The molecule has 1 saturated carbocycles. The summed E-state index contributed by atoms with van der Waals surface area (Å²) in [6, 6.07) is 1.40. The van der Waals surface area contributed by atoms with Crippen LogP contribution in [0.15, 0.2) is 0 Å². The van der Waals surface area contributed by atoms with E-state index in [4.69, 9.17) is 16.9 Å². The number of nitrogens with one attached hydrogen (secondary N) is 1. The van der Waals surface area contributed by atoms with Crippen molar-refractivity contribution in [3.05, 3.63) is 0 Å². The van der Waals surface area contributed by atoms with E-state index in [9.17, 15) is 9.59 Å². The molecule has 0 aromatic heterocycles. The summed E-state index contributed by atoms with van der Waals surface area (Å²) in [4.78, 5) is 25.0. The molecule has 2 rings (SSSR count). The first-order chi connectivity index (χ1) is 8.09. The zero-order chi connectivity index (χ0) is 12.5. The Balaban J connectivity index is 2.13. The van der Waals surface area contributed by atoms with E-state index >= 15 is 0 Å². The number of imide groups is 1. The molecule has 3 amide bonds. The van der Waals surface area contributed by atoms with Gasteiger partial charge in [-0.2, -0.15) is 5.26 Å². The Bertz CT molecular complexity index is 385. The lowest BCUT2D eigenvalue weighted by atomic mass is 9.82. The van der Waals surface area contributed by atoms with E-state index in [1.165, 1.54) is 0 Å². The molecule has 2 aliphatic rings. The van der Waals surface area contributed by atoms with E-state index in [1.807, 2.05) is 6.07 Å². The highest BCUT2D eigenvalue weighted by Gasteiger charge is 2.51. The number of alkyl halides is 1. The minimum Gasteiger partial charge on any atom is -0.323 e. The number of nitrogens with zero attached hydrogens (tertiary/aromatic N) is 2. The molecule has 2 fully saturated rings. The van der Waals surface area contributed by atoms with Crippen molar-refractivity contribution in [3.63, 3.8) is 0 Å². The molecular formula is C11H14ClN3O2. The first kappa shape index (κ1) is 12.2. The average molecular weight is 256 g/mol. The van der Waals surface area contributed by atoms with Crippen molar-refractivity contribution in [3.8, 4) is 6.07 Å². The van der Waals surface area contributed by atoms with Gasteiger partial charge in [0.2, 0.25) is 0 Å². The number of carbonyl (C=O) groups is 2. The number of nitriles is 1. The van der Waals surface area contributed by atoms with Crippen LogP contribution in [0.2, 0.25) is 0 Å². The smallest absolute Gasteiger partial charge is 0.323 e. The first-order valence-electron chi connectivity index (χ1n) is 5.77.